The molecule has 0 radical (unpaired) electrons. The monoisotopic (exact) mass is 490 g/mol. The van der Waals surface area contributed by atoms with Crippen LogP contribution in [0.4, 0.5) is 14.9 Å². The SMILES string of the molecule is C[C@H]1C[C@H]1Oc1cccc(CN2CC[C@@]3(C[C@@H]2C)C(NC2CCC2)=NC(=O)N3c2cccc(F)c2)c1. The largest absolute Gasteiger partial charge is 0.490 e. The Kier molecular flexibility index (Phi) is 5.98. The topological polar surface area (TPSA) is 57.2 Å². The Balaban J connectivity index is 1.23. The first-order valence-corrected chi connectivity index (χ1v) is 13.4. The van der Waals surface area contributed by atoms with Crippen LogP contribution in [0.25, 0.3) is 0 Å². The minimum atomic E-state index is -0.580. The van der Waals surface area contributed by atoms with Gasteiger partial charge in [-0.15, -0.1) is 0 Å². The van der Waals surface area contributed by atoms with Gasteiger partial charge < -0.3 is 10.1 Å². The number of amidine groups is 1. The number of halogens is 1. The average Bonchev–Trinajstić information content (AvgIpc) is 3.44. The molecule has 3 fully saturated rings. The number of likely N-dealkylation sites (tertiary alicyclic amines) is 1. The van der Waals surface area contributed by atoms with Crippen LogP contribution in [0.5, 0.6) is 5.75 Å². The smallest absolute Gasteiger partial charge is 0.350 e. The molecule has 0 bridgehead atoms. The van der Waals surface area contributed by atoms with Crippen LogP contribution in [-0.4, -0.2) is 47.0 Å². The molecule has 2 saturated carbocycles. The van der Waals surface area contributed by atoms with Crippen LogP contribution < -0.4 is 15.0 Å². The summed E-state index contributed by atoms with van der Waals surface area (Å²) in [7, 11) is 0. The Morgan fingerprint density at radius 1 is 1.17 bits per heavy atom. The van der Waals surface area contributed by atoms with Crippen LogP contribution in [0.3, 0.4) is 0 Å². The molecule has 2 aromatic rings. The van der Waals surface area contributed by atoms with Gasteiger partial charge in [-0.25, -0.2) is 9.18 Å². The molecule has 0 unspecified atom stereocenters. The number of amides is 2. The summed E-state index contributed by atoms with van der Waals surface area (Å²) in [5, 5.41) is 3.60. The number of carbonyl (C=O) groups excluding carboxylic acids is 1. The van der Waals surface area contributed by atoms with Crippen molar-refractivity contribution in [2.24, 2.45) is 10.9 Å². The molecule has 2 aliphatic carbocycles. The third kappa shape index (κ3) is 4.38. The molecule has 4 aliphatic rings. The molecule has 190 valence electrons. The van der Waals surface area contributed by atoms with Gasteiger partial charge in [-0.2, -0.15) is 4.99 Å². The highest BCUT2D eigenvalue weighted by Gasteiger charge is 2.54. The van der Waals surface area contributed by atoms with Crippen molar-refractivity contribution in [3.8, 4) is 5.75 Å². The number of aliphatic imine (C=N–C) groups is 1. The number of hydrogen-bond acceptors (Lipinski definition) is 4. The lowest BCUT2D eigenvalue weighted by Gasteiger charge is -2.49. The van der Waals surface area contributed by atoms with E-state index in [1.165, 1.54) is 24.1 Å². The van der Waals surface area contributed by atoms with Gasteiger partial charge in [-0.3, -0.25) is 9.80 Å². The molecule has 2 aromatic carbocycles. The third-order valence-electron chi connectivity index (χ3n) is 8.46. The summed E-state index contributed by atoms with van der Waals surface area (Å²) >= 11 is 0. The van der Waals surface area contributed by atoms with Crippen molar-refractivity contribution in [1.29, 1.82) is 0 Å². The standard InChI is InChI=1S/C29H35FN4O2/c1-19-14-26(19)36-25-11-3-6-21(15-25)18-33-13-12-29(17-20(33)2)27(31-23-8-5-9-23)32-28(35)34(29)24-10-4-7-22(30)16-24/h3-4,6-7,10-11,15-16,19-20,23,26H,5,8-9,12-14,17-18H2,1-2H3,(H,31,32,35)/t19-,20-,26+,29+/m0/s1. The zero-order chi connectivity index (χ0) is 24.9. The summed E-state index contributed by atoms with van der Waals surface area (Å²) in [6.45, 7) is 6.08. The molecular weight excluding hydrogens is 455 g/mol. The molecule has 2 heterocycles. The number of hydrogen-bond donors (Lipinski definition) is 1. The van der Waals surface area contributed by atoms with Crippen LogP contribution in [0.2, 0.25) is 0 Å². The number of benzene rings is 2. The fourth-order valence-electron chi connectivity index (χ4n) is 5.92. The number of rotatable bonds is 6. The van der Waals surface area contributed by atoms with E-state index in [1.807, 2.05) is 12.1 Å². The highest BCUT2D eigenvalue weighted by atomic mass is 19.1. The number of ether oxygens (including phenoxy) is 1. The zero-order valence-electron chi connectivity index (χ0n) is 21.1. The third-order valence-corrected chi connectivity index (χ3v) is 8.46. The van der Waals surface area contributed by atoms with Crippen LogP contribution in [-0.2, 0) is 6.54 Å². The first-order chi connectivity index (χ1) is 17.4. The van der Waals surface area contributed by atoms with Crippen LogP contribution >= 0.6 is 0 Å². The van der Waals surface area contributed by atoms with Crippen molar-refractivity contribution in [2.45, 2.75) is 82.6 Å². The van der Waals surface area contributed by atoms with Crippen molar-refractivity contribution in [3.05, 3.63) is 59.9 Å². The minimum absolute atomic E-state index is 0.210. The maximum atomic E-state index is 14.2. The van der Waals surface area contributed by atoms with Crippen molar-refractivity contribution in [1.82, 2.24) is 10.2 Å². The Hall–Kier alpha value is -2.93. The van der Waals surface area contributed by atoms with Crippen molar-refractivity contribution in [2.75, 3.05) is 11.4 Å². The van der Waals surface area contributed by atoms with Gasteiger partial charge in [0.15, 0.2) is 0 Å². The van der Waals surface area contributed by atoms with Crippen molar-refractivity contribution < 1.29 is 13.9 Å². The van der Waals surface area contributed by atoms with E-state index in [-0.39, 0.29) is 17.9 Å². The lowest BCUT2D eigenvalue weighted by molar-refractivity contribution is 0.121. The molecule has 1 saturated heterocycles. The molecule has 1 spiro atoms. The minimum Gasteiger partial charge on any atom is -0.490 e. The molecule has 1 N–H and O–H groups in total. The van der Waals surface area contributed by atoms with Gasteiger partial charge in [0.05, 0.1) is 0 Å². The fourth-order valence-corrected chi connectivity index (χ4v) is 5.92. The molecule has 2 aliphatic heterocycles. The summed E-state index contributed by atoms with van der Waals surface area (Å²) in [4.78, 5) is 22.0. The summed E-state index contributed by atoms with van der Waals surface area (Å²) in [5.41, 5.74) is 1.23. The van der Waals surface area contributed by atoms with E-state index in [1.54, 1.807) is 11.0 Å². The predicted octanol–water partition coefficient (Wildman–Crippen LogP) is 5.52. The van der Waals surface area contributed by atoms with E-state index in [0.29, 0.717) is 23.8 Å². The Labute approximate surface area is 212 Å². The van der Waals surface area contributed by atoms with Gasteiger partial charge in [0.25, 0.3) is 0 Å². The van der Waals surface area contributed by atoms with Gasteiger partial charge in [0.1, 0.15) is 29.0 Å². The van der Waals surface area contributed by atoms with E-state index in [2.05, 4.69) is 47.3 Å². The highest BCUT2D eigenvalue weighted by molar-refractivity contribution is 6.16. The molecule has 6 rings (SSSR count). The summed E-state index contributed by atoms with van der Waals surface area (Å²) in [5.74, 6) is 2.01. The molecule has 6 nitrogen and oxygen atoms in total. The molecule has 4 atom stereocenters. The molecule has 36 heavy (non-hydrogen) atoms. The first kappa shape index (κ1) is 23.5. The molecular formula is C29H35FN4O2. The van der Waals surface area contributed by atoms with Gasteiger partial charge >= 0.3 is 6.03 Å². The Morgan fingerprint density at radius 2 is 1.97 bits per heavy atom. The maximum absolute atomic E-state index is 14.2. The number of nitrogens with one attached hydrogen (secondary N) is 1. The number of urea groups is 1. The van der Waals surface area contributed by atoms with Crippen LogP contribution in [0.1, 0.15) is 57.9 Å². The van der Waals surface area contributed by atoms with Crippen molar-refractivity contribution >= 4 is 17.6 Å². The van der Waals surface area contributed by atoms with Crippen LogP contribution in [0.15, 0.2) is 53.5 Å². The maximum Gasteiger partial charge on any atom is 0.350 e. The van der Waals surface area contributed by atoms with E-state index in [0.717, 1.165) is 56.8 Å². The fraction of sp³-hybridized carbons (Fsp3) is 0.517. The predicted molar refractivity (Wildman–Crippen MR) is 139 cm³/mol. The van der Waals surface area contributed by atoms with E-state index < -0.39 is 5.54 Å². The van der Waals surface area contributed by atoms with E-state index in [4.69, 9.17) is 4.74 Å². The van der Waals surface area contributed by atoms with Gasteiger partial charge in [-0.1, -0.05) is 25.1 Å². The Morgan fingerprint density at radius 3 is 2.67 bits per heavy atom. The number of carbonyl (C=O) groups is 1. The number of piperidine rings is 1. The van der Waals surface area contributed by atoms with Crippen LogP contribution in [0, 0.1) is 11.7 Å². The quantitative estimate of drug-likeness (QED) is 0.580. The highest BCUT2D eigenvalue weighted by Crippen LogP contribution is 2.42. The van der Waals surface area contributed by atoms with Gasteiger partial charge in [-0.05, 0) is 87.3 Å². The second-order valence-corrected chi connectivity index (χ2v) is 11.2. The summed E-state index contributed by atoms with van der Waals surface area (Å²) in [6.07, 6.45) is 6.37. The number of nitrogens with zero attached hydrogens (tertiary/aromatic N) is 3. The lowest BCUT2D eigenvalue weighted by Crippen LogP contribution is -2.64. The van der Waals surface area contributed by atoms with Gasteiger partial charge in [0, 0.05) is 30.9 Å². The summed E-state index contributed by atoms with van der Waals surface area (Å²) in [6, 6.07) is 15.0. The average molecular weight is 491 g/mol. The Bertz CT molecular complexity index is 1180. The van der Waals surface area contributed by atoms with E-state index >= 15 is 0 Å². The molecule has 2 amide bonds. The molecule has 7 heteroatoms. The second-order valence-electron chi connectivity index (χ2n) is 11.2. The zero-order valence-corrected chi connectivity index (χ0v) is 21.1. The normalized spacial score (nSPS) is 30.3. The number of anilines is 1. The summed E-state index contributed by atoms with van der Waals surface area (Å²) < 4.78 is 20.3. The lowest BCUT2D eigenvalue weighted by atomic mass is 9.80. The van der Waals surface area contributed by atoms with E-state index in [9.17, 15) is 9.18 Å². The first-order valence-electron chi connectivity index (χ1n) is 13.4. The second kappa shape index (κ2) is 9.18. The van der Waals surface area contributed by atoms with Crippen molar-refractivity contribution in [3.63, 3.8) is 0 Å². The molecule has 0 aromatic heterocycles. The van der Waals surface area contributed by atoms with Gasteiger partial charge in [0.2, 0.25) is 0 Å².